The number of amides is 4. The molecule has 1 aromatic rings. The number of benzene rings is 1. The van der Waals surface area contributed by atoms with E-state index in [1.165, 1.54) is 11.9 Å². The molecule has 0 radical (unpaired) electrons. The molecular weight excluding hydrogens is 532 g/mol. The van der Waals surface area contributed by atoms with Crippen molar-refractivity contribution >= 4 is 35.6 Å². The van der Waals surface area contributed by atoms with Gasteiger partial charge < -0.3 is 42.7 Å². The molecule has 1 aromatic carbocycles. The van der Waals surface area contributed by atoms with Crippen LogP contribution < -0.4 is 32.7 Å². The van der Waals surface area contributed by atoms with Crippen LogP contribution in [0.1, 0.15) is 38.7 Å². The minimum absolute atomic E-state index is 0.0327. The molecule has 4 atom stereocenters. The van der Waals surface area contributed by atoms with Gasteiger partial charge in [0.2, 0.25) is 23.6 Å². The number of nitrogens with zero attached hydrogens (tertiary/aromatic N) is 2. The van der Waals surface area contributed by atoms with Crippen LogP contribution in [0, 0.1) is 5.92 Å². The lowest BCUT2D eigenvalue weighted by molar-refractivity contribution is -0.143. The summed E-state index contributed by atoms with van der Waals surface area (Å²) in [6.45, 7) is 3.34. The predicted molar refractivity (Wildman–Crippen MR) is 152 cm³/mol. The molecule has 0 aliphatic carbocycles. The van der Waals surface area contributed by atoms with Gasteiger partial charge in [-0.2, -0.15) is 0 Å². The normalized spacial score (nSPS) is 23.1. The van der Waals surface area contributed by atoms with Gasteiger partial charge >= 0.3 is 5.97 Å². The highest BCUT2D eigenvalue weighted by Gasteiger charge is 2.36. The van der Waals surface area contributed by atoms with Crippen LogP contribution in [-0.2, 0) is 30.4 Å². The predicted octanol–water partition coefficient (Wildman–Crippen LogP) is -1.70. The number of carbonyl (C=O) groups excluding carboxylic acids is 4. The van der Waals surface area contributed by atoms with Gasteiger partial charge in [-0.1, -0.05) is 44.2 Å². The minimum atomic E-state index is -1.14. The maximum absolute atomic E-state index is 13.8. The van der Waals surface area contributed by atoms with E-state index in [1.54, 1.807) is 13.8 Å². The van der Waals surface area contributed by atoms with E-state index in [9.17, 15) is 29.1 Å². The van der Waals surface area contributed by atoms with E-state index >= 15 is 0 Å². The van der Waals surface area contributed by atoms with Gasteiger partial charge in [-0.3, -0.25) is 29.0 Å². The molecule has 14 nitrogen and oxygen atoms in total. The second kappa shape index (κ2) is 16.2. The number of carboxylic acid groups (broad SMARTS) is 1. The lowest BCUT2D eigenvalue weighted by Crippen LogP contribution is -2.58. The highest BCUT2D eigenvalue weighted by atomic mass is 16.4. The summed E-state index contributed by atoms with van der Waals surface area (Å²) in [5.41, 5.74) is 11.6. The molecule has 9 N–H and O–H groups in total. The molecule has 1 fully saturated rings. The standard InChI is InChI=1S/C27H42N8O6/c1-16(2)23-25(40)34-19(10-7-11-30-27(28)29)24(39)32-15-21(36)33-18(13-22(37)38)14-31-20(26(41)35(23)3)12-17-8-5-4-6-9-17/h4-6,8-9,16,18-20,23,31H,7,10-15H2,1-3H3,(H,32,39)(H,33,36)(H,34,40)(H,37,38)(H4,28,29,30)/t18-,19-,20+,23-/m0/s1. The van der Waals surface area contributed by atoms with Gasteiger partial charge in [0.05, 0.1) is 25.0 Å². The van der Waals surface area contributed by atoms with Crippen LogP contribution in [0.15, 0.2) is 35.3 Å². The number of aliphatic imine (C=N–C) groups is 1. The van der Waals surface area contributed by atoms with E-state index in [0.717, 1.165) is 5.56 Å². The number of likely N-dealkylation sites (N-methyl/N-ethyl adjacent to an activating group) is 1. The molecule has 14 heteroatoms. The number of nitrogens with two attached hydrogens (primary N) is 2. The molecule has 0 saturated carbocycles. The van der Waals surface area contributed by atoms with Crippen molar-refractivity contribution in [3.05, 3.63) is 35.9 Å². The van der Waals surface area contributed by atoms with Crippen LogP contribution in [0.5, 0.6) is 0 Å². The van der Waals surface area contributed by atoms with Gasteiger partial charge in [0.1, 0.15) is 12.1 Å². The lowest BCUT2D eigenvalue weighted by atomic mass is 9.98. The molecule has 0 unspecified atom stereocenters. The van der Waals surface area contributed by atoms with Crippen LogP contribution in [0.3, 0.4) is 0 Å². The number of aliphatic carboxylic acids is 1. The van der Waals surface area contributed by atoms with Crippen LogP contribution in [-0.4, -0.2) is 96.4 Å². The zero-order valence-electron chi connectivity index (χ0n) is 23.8. The SMILES string of the molecule is CC(C)[C@H]1C(=O)N[C@@H](CCCN=C(N)N)C(=O)NCC(=O)N[C@@H](CC(=O)O)CN[C@H](Cc2ccccc2)C(=O)N1C. The maximum atomic E-state index is 13.8. The van der Waals surface area contributed by atoms with Crippen molar-refractivity contribution < 1.29 is 29.1 Å². The summed E-state index contributed by atoms with van der Waals surface area (Å²) in [6, 6.07) is 5.59. The van der Waals surface area contributed by atoms with Crippen molar-refractivity contribution in [3.8, 4) is 0 Å². The quantitative estimate of drug-likeness (QED) is 0.101. The van der Waals surface area contributed by atoms with Gasteiger partial charge in [-0.25, -0.2) is 0 Å². The molecule has 1 aliphatic rings. The fourth-order valence-corrected chi connectivity index (χ4v) is 4.67. The van der Waals surface area contributed by atoms with E-state index < -0.39 is 66.7 Å². The summed E-state index contributed by atoms with van der Waals surface area (Å²) in [5.74, 6) is -3.71. The largest absolute Gasteiger partial charge is 0.481 e. The number of carboxylic acids is 1. The topological polar surface area (TPSA) is 221 Å². The average Bonchev–Trinajstić information content (AvgIpc) is 2.90. The van der Waals surface area contributed by atoms with Crippen molar-refractivity contribution in [1.29, 1.82) is 0 Å². The Labute approximate surface area is 239 Å². The Kier molecular flexibility index (Phi) is 13.0. The molecule has 1 aliphatic heterocycles. The van der Waals surface area contributed by atoms with Crippen molar-refractivity contribution in [2.45, 2.75) is 63.7 Å². The van der Waals surface area contributed by atoms with Crippen LogP contribution in [0.25, 0.3) is 0 Å². The molecule has 0 bridgehead atoms. The minimum Gasteiger partial charge on any atom is -0.481 e. The number of nitrogens with one attached hydrogen (secondary N) is 4. The molecule has 0 spiro atoms. The number of guanidine groups is 1. The summed E-state index contributed by atoms with van der Waals surface area (Å²) in [6.07, 6.45) is 0.375. The Hall–Kier alpha value is -4.20. The first-order valence-electron chi connectivity index (χ1n) is 13.6. The number of hydrogen-bond acceptors (Lipinski definition) is 7. The third kappa shape index (κ3) is 11.1. The van der Waals surface area contributed by atoms with Gasteiger partial charge in [0, 0.05) is 20.1 Å². The Balaban J connectivity index is 2.43. The van der Waals surface area contributed by atoms with Crippen molar-refractivity contribution in [3.63, 3.8) is 0 Å². The summed E-state index contributed by atoms with van der Waals surface area (Å²) in [4.78, 5) is 69.8. The van der Waals surface area contributed by atoms with E-state index in [4.69, 9.17) is 11.5 Å². The summed E-state index contributed by atoms with van der Waals surface area (Å²) in [5, 5.41) is 20.4. The third-order valence-electron chi connectivity index (χ3n) is 6.64. The van der Waals surface area contributed by atoms with E-state index in [2.05, 4.69) is 26.3 Å². The fraction of sp³-hybridized carbons (Fsp3) is 0.556. The molecule has 2 rings (SSSR count). The van der Waals surface area contributed by atoms with Crippen molar-refractivity contribution in [2.75, 3.05) is 26.7 Å². The number of carbonyl (C=O) groups is 5. The van der Waals surface area contributed by atoms with Gasteiger partial charge in [0.25, 0.3) is 0 Å². The molecule has 1 saturated heterocycles. The van der Waals surface area contributed by atoms with E-state index in [1.807, 2.05) is 30.3 Å². The molecule has 4 amide bonds. The monoisotopic (exact) mass is 574 g/mol. The van der Waals surface area contributed by atoms with Crippen molar-refractivity contribution in [2.24, 2.45) is 22.4 Å². The average molecular weight is 575 g/mol. The molecule has 1 heterocycles. The van der Waals surface area contributed by atoms with E-state index in [-0.39, 0.29) is 37.8 Å². The molecule has 226 valence electrons. The van der Waals surface area contributed by atoms with Crippen LogP contribution in [0.2, 0.25) is 0 Å². The van der Waals surface area contributed by atoms with E-state index in [0.29, 0.717) is 6.42 Å². The van der Waals surface area contributed by atoms with Crippen LogP contribution >= 0.6 is 0 Å². The third-order valence-corrected chi connectivity index (χ3v) is 6.64. The second-order valence-electron chi connectivity index (χ2n) is 10.4. The fourth-order valence-electron chi connectivity index (χ4n) is 4.67. The van der Waals surface area contributed by atoms with Crippen LogP contribution in [0.4, 0.5) is 0 Å². The molecule has 0 aromatic heterocycles. The zero-order valence-corrected chi connectivity index (χ0v) is 23.8. The number of hydrogen-bond donors (Lipinski definition) is 7. The highest BCUT2D eigenvalue weighted by molar-refractivity contribution is 5.94. The summed E-state index contributed by atoms with van der Waals surface area (Å²) < 4.78 is 0. The summed E-state index contributed by atoms with van der Waals surface area (Å²) >= 11 is 0. The first-order chi connectivity index (χ1) is 19.4. The Morgan fingerprint density at radius 3 is 2.37 bits per heavy atom. The van der Waals surface area contributed by atoms with Gasteiger partial charge in [-0.15, -0.1) is 0 Å². The van der Waals surface area contributed by atoms with Gasteiger partial charge in [0.15, 0.2) is 5.96 Å². The maximum Gasteiger partial charge on any atom is 0.305 e. The highest BCUT2D eigenvalue weighted by Crippen LogP contribution is 2.15. The summed E-state index contributed by atoms with van der Waals surface area (Å²) in [7, 11) is 1.52. The smallest absolute Gasteiger partial charge is 0.305 e. The Morgan fingerprint density at radius 2 is 1.76 bits per heavy atom. The Morgan fingerprint density at radius 1 is 1.07 bits per heavy atom. The first kappa shape index (κ1) is 33.0. The Bertz CT molecular complexity index is 1090. The first-order valence-corrected chi connectivity index (χ1v) is 13.6. The van der Waals surface area contributed by atoms with Gasteiger partial charge in [-0.05, 0) is 30.7 Å². The lowest BCUT2D eigenvalue weighted by Gasteiger charge is -2.34. The zero-order chi connectivity index (χ0) is 30.5. The molecular formula is C27H42N8O6. The molecule has 41 heavy (non-hydrogen) atoms. The number of rotatable bonds is 9. The van der Waals surface area contributed by atoms with Crippen molar-refractivity contribution in [1.82, 2.24) is 26.2 Å². The second-order valence-corrected chi connectivity index (χ2v) is 10.4.